The quantitative estimate of drug-likeness (QED) is 0.914. The third-order valence-corrected chi connectivity index (χ3v) is 5.25. The van der Waals surface area contributed by atoms with E-state index in [2.05, 4.69) is 15.2 Å². The van der Waals surface area contributed by atoms with Crippen molar-refractivity contribution in [3.8, 4) is 0 Å². The Kier molecular flexibility index (Phi) is 3.56. The molecule has 0 radical (unpaired) electrons. The summed E-state index contributed by atoms with van der Waals surface area (Å²) in [7, 11) is 0. The van der Waals surface area contributed by atoms with E-state index < -0.39 is 11.4 Å². The standard InChI is InChI=1S/C17H21N3O3/c21-16(22)17(9-12-5-6-12)7-2-8-20(11-17)10-13-3-1-4-14-15(13)19-23-18-14/h1,3-4,12H,2,5-11H2,(H,21,22)/t17-/m0/s1. The van der Waals surface area contributed by atoms with Gasteiger partial charge in [-0.25, -0.2) is 4.63 Å². The summed E-state index contributed by atoms with van der Waals surface area (Å²) in [6.07, 6.45) is 4.95. The highest BCUT2D eigenvalue weighted by Crippen LogP contribution is 2.45. The Balaban J connectivity index is 1.54. The van der Waals surface area contributed by atoms with Crippen molar-refractivity contribution in [1.82, 2.24) is 15.2 Å². The second-order valence-corrected chi connectivity index (χ2v) is 7.10. The second kappa shape index (κ2) is 5.60. The van der Waals surface area contributed by atoms with Crippen molar-refractivity contribution in [2.45, 2.75) is 38.6 Å². The van der Waals surface area contributed by atoms with Gasteiger partial charge in [-0.2, -0.15) is 0 Å². The van der Waals surface area contributed by atoms with Gasteiger partial charge >= 0.3 is 5.97 Å². The normalized spacial score (nSPS) is 25.7. The molecule has 6 nitrogen and oxygen atoms in total. The third kappa shape index (κ3) is 2.83. The van der Waals surface area contributed by atoms with Crippen LogP contribution in [0.1, 0.15) is 37.7 Å². The van der Waals surface area contributed by atoms with Gasteiger partial charge in [0.2, 0.25) is 0 Å². The van der Waals surface area contributed by atoms with Crippen molar-refractivity contribution < 1.29 is 14.5 Å². The molecule has 1 aromatic carbocycles. The lowest BCUT2D eigenvalue weighted by molar-refractivity contribution is -0.153. The Hall–Kier alpha value is -1.95. The predicted octanol–water partition coefficient (Wildman–Crippen LogP) is 2.69. The average Bonchev–Trinajstić information content (AvgIpc) is 3.20. The number of carboxylic acids is 1. The first-order chi connectivity index (χ1) is 11.2. The fraction of sp³-hybridized carbons (Fsp3) is 0.588. The van der Waals surface area contributed by atoms with E-state index in [1.807, 2.05) is 18.2 Å². The number of aliphatic carboxylic acids is 1. The van der Waals surface area contributed by atoms with E-state index in [1.54, 1.807) is 0 Å². The van der Waals surface area contributed by atoms with E-state index in [1.165, 1.54) is 12.8 Å². The number of nitrogens with zero attached hydrogens (tertiary/aromatic N) is 3. The summed E-state index contributed by atoms with van der Waals surface area (Å²) in [5.41, 5.74) is 2.01. The van der Waals surface area contributed by atoms with Crippen LogP contribution in [-0.2, 0) is 11.3 Å². The van der Waals surface area contributed by atoms with Gasteiger partial charge in [-0.1, -0.05) is 25.0 Å². The van der Waals surface area contributed by atoms with Gasteiger partial charge in [-0.05, 0) is 53.7 Å². The summed E-state index contributed by atoms with van der Waals surface area (Å²) >= 11 is 0. The van der Waals surface area contributed by atoms with Crippen LogP contribution in [0.4, 0.5) is 0 Å². The number of hydrogen-bond acceptors (Lipinski definition) is 5. The lowest BCUT2D eigenvalue weighted by atomic mass is 9.75. The minimum absolute atomic E-state index is 0.574. The highest BCUT2D eigenvalue weighted by atomic mass is 16.6. The molecule has 2 fully saturated rings. The Morgan fingerprint density at radius 1 is 1.39 bits per heavy atom. The molecule has 122 valence electrons. The predicted molar refractivity (Wildman–Crippen MR) is 83.7 cm³/mol. The van der Waals surface area contributed by atoms with E-state index in [-0.39, 0.29) is 0 Å². The average molecular weight is 315 g/mol. The number of fused-ring (bicyclic) bond motifs is 1. The van der Waals surface area contributed by atoms with Crippen molar-refractivity contribution in [3.63, 3.8) is 0 Å². The summed E-state index contributed by atoms with van der Waals surface area (Å²) < 4.78 is 4.82. The van der Waals surface area contributed by atoms with Crippen LogP contribution in [0.5, 0.6) is 0 Å². The smallest absolute Gasteiger partial charge is 0.310 e. The van der Waals surface area contributed by atoms with Crippen molar-refractivity contribution in [3.05, 3.63) is 23.8 Å². The monoisotopic (exact) mass is 315 g/mol. The molecule has 2 aromatic rings. The Morgan fingerprint density at radius 3 is 3.04 bits per heavy atom. The van der Waals surface area contributed by atoms with Crippen LogP contribution < -0.4 is 0 Å². The number of aromatic nitrogens is 2. The Morgan fingerprint density at radius 2 is 2.26 bits per heavy atom. The Labute approximate surface area is 134 Å². The zero-order chi connectivity index (χ0) is 15.9. The molecule has 0 bridgehead atoms. The molecule has 4 rings (SSSR count). The van der Waals surface area contributed by atoms with E-state index in [9.17, 15) is 9.90 Å². The van der Waals surface area contributed by atoms with Gasteiger partial charge in [-0.3, -0.25) is 9.69 Å². The number of carboxylic acid groups (broad SMARTS) is 1. The van der Waals surface area contributed by atoms with E-state index in [4.69, 9.17) is 4.63 Å². The number of benzene rings is 1. The largest absolute Gasteiger partial charge is 0.481 e. The SMILES string of the molecule is O=C(O)[C@]1(CC2CC2)CCCN(Cc2cccc3nonc23)C1. The minimum atomic E-state index is -0.629. The molecular weight excluding hydrogens is 294 g/mol. The molecule has 1 aliphatic carbocycles. The first-order valence-corrected chi connectivity index (χ1v) is 8.32. The van der Waals surface area contributed by atoms with Gasteiger partial charge in [0.25, 0.3) is 0 Å². The van der Waals surface area contributed by atoms with Gasteiger partial charge < -0.3 is 5.11 Å². The van der Waals surface area contributed by atoms with Crippen LogP contribution in [0.25, 0.3) is 11.0 Å². The molecule has 0 unspecified atom stereocenters. The van der Waals surface area contributed by atoms with Crippen LogP contribution in [0, 0.1) is 11.3 Å². The first kappa shape index (κ1) is 14.6. The molecule has 1 saturated carbocycles. The lowest BCUT2D eigenvalue weighted by Gasteiger charge is -2.40. The maximum atomic E-state index is 11.9. The topological polar surface area (TPSA) is 79.5 Å². The molecule has 2 heterocycles. The lowest BCUT2D eigenvalue weighted by Crippen LogP contribution is -2.47. The summed E-state index contributed by atoms with van der Waals surface area (Å²) in [4.78, 5) is 14.2. The van der Waals surface area contributed by atoms with Gasteiger partial charge in [0, 0.05) is 13.1 Å². The van der Waals surface area contributed by atoms with Crippen LogP contribution in [0.3, 0.4) is 0 Å². The van der Waals surface area contributed by atoms with Crippen LogP contribution in [0.15, 0.2) is 22.8 Å². The van der Waals surface area contributed by atoms with Gasteiger partial charge in [0.05, 0.1) is 5.41 Å². The summed E-state index contributed by atoms with van der Waals surface area (Å²) in [5, 5.41) is 17.7. The Bertz CT molecular complexity index is 725. The molecule has 1 aromatic heterocycles. The number of likely N-dealkylation sites (tertiary alicyclic amines) is 1. The molecule has 1 aliphatic heterocycles. The maximum Gasteiger partial charge on any atom is 0.310 e. The summed E-state index contributed by atoms with van der Waals surface area (Å²) in [6.45, 7) is 2.26. The van der Waals surface area contributed by atoms with E-state index in [0.29, 0.717) is 19.0 Å². The van der Waals surface area contributed by atoms with Crippen molar-refractivity contribution in [2.24, 2.45) is 11.3 Å². The second-order valence-electron chi connectivity index (χ2n) is 7.10. The number of piperidine rings is 1. The third-order valence-electron chi connectivity index (χ3n) is 5.25. The van der Waals surface area contributed by atoms with Gasteiger partial charge in [-0.15, -0.1) is 0 Å². The first-order valence-electron chi connectivity index (χ1n) is 8.32. The molecule has 0 spiro atoms. The van der Waals surface area contributed by atoms with Gasteiger partial charge in [0.1, 0.15) is 11.0 Å². The molecule has 2 aliphatic rings. The highest BCUT2D eigenvalue weighted by molar-refractivity contribution is 5.77. The zero-order valence-electron chi connectivity index (χ0n) is 13.1. The number of rotatable bonds is 5. The van der Waals surface area contributed by atoms with Crippen LogP contribution in [0.2, 0.25) is 0 Å². The van der Waals surface area contributed by atoms with Crippen molar-refractivity contribution >= 4 is 17.0 Å². The molecule has 1 N–H and O–H groups in total. The summed E-state index contributed by atoms with van der Waals surface area (Å²) in [5.74, 6) is -0.00960. The van der Waals surface area contributed by atoms with Crippen molar-refractivity contribution in [2.75, 3.05) is 13.1 Å². The zero-order valence-corrected chi connectivity index (χ0v) is 13.1. The van der Waals surface area contributed by atoms with Crippen molar-refractivity contribution in [1.29, 1.82) is 0 Å². The fourth-order valence-corrected chi connectivity index (χ4v) is 3.90. The maximum absolute atomic E-state index is 11.9. The highest BCUT2D eigenvalue weighted by Gasteiger charge is 2.45. The van der Waals surface area contributed by atoms with E-state index >= 15 is 0 Å². The number of carbonyl (C=O) groups is 1. The molecule has 1 atom stereocenters. The number of hydrogen-bond donors (Lipinski definition) is 1. The molecule has 23 heavy (non-hydrogen) atoms. The minimum Gasteiger partial charge on any atom is -0.481 e. The van der Waals surface area contributed by atoms with E-state index in [0.717, 1.165) is 42.4 Å². The summed E-state index contributed by atoms with van der Waals surface area (Å²) in [6, 6.07) is 5.84. The fourth-order valence-electron chi connectivity index (χ4n) is 3.90. The molecule has 6 heteroatoms. The molecule has 1 saturated heterocycles. The van der Waals surface area contributed by atoms with Crippen LogP contribution >= 0.6 is 0 Å². The van der Waals surface area contributed by atoms with Crippen LogP contribution in [-0.4, -0.2) is 39.4 Å². The molecule has 0 amide bonds. The van der Waals surface area contributed by atoms with Gasteiger partial charge in [0.15, 0.2) is 0 Å². The molecular formula is C17H21N3O3.